The molecule has 1 aromatic heterocycles. The van der Waals surface area contributed by atoms with Crippen molar-refractivity contribution in [2.45, 2.75) is 13.1 Å². The third-order valence-electron chi connectivity index (χ3n) is 2.04. The van der Waals surface area contributed by atoms with Crippen LogP contribution in [0.5, 0.6) is 0 Å². The van der Waals surface area contributed by atoms with E-state index in [4.69, 9.17) is 5.73 Å². The molecule has 2 N–H and O–H groups in total. The summed E-state index contributed by atoms with van der Waals surface area (Å²) in [6.45, 7) is 1.45. The van der Waals surface area contributed by atoms with E-state index in [1.54, 1.807) is 6.07 Å². The van der Waals surface area contributed by atoms with Crippen LogP contribution in [-0.2, 0) is 4.79 Å². The van der Waals surface area contributed by atoms with Gasteiger partial charge in [-0.05, 0) is 13.0 Å². The average Bonchev–Trinajstić information content (AvgIpc) is 2.46. The fraction of sp³-hybridized carbons (Fsp3) is 0.222. The zero-order valence-electron chi connectivity index (χ0n) is 8.01. The number of hydrogen-bond donors (Lipinski definition) is 1. The summed E-state index contributed by atoms with van der Waals surface area (Å²) in [7, 11) is 0. The van der Waals surface area contributed by atoms with Crippen molar-refractivity contribution in [3.05, 3.63) is 18.3 Å². The summed E-state index contributed by atoms with van der Waals surface area (Å²) in [6.07, 6.45) is -0.234. The van der Waals surface area contributed by atoms with Crippen molar-refractivity contribution in [3.63, 3.8) is 0 Å². The molecule has 1 aliphatic rings. The van der Waals surface area contributed by atoms with Gasteiger partial charge in [-0.25, -0.2) is 9.37 Å². The van der Waals surface area contributed by atoms with E-state index in [-0.39, 0.29) is 11.5 Å². The molecule has 0 aromatic carbocycles. The maximum absolute atomic E-state index is 13.2. The quantitative estimate of drug-likeness (QED) is 0.739. The van der Waals surface area contributed by atoms with Gasteiger partial charge < -0.3 is 5.73 Å². The third-order valence-corrected chi connectivity index (χ3v) is 2.04. The van der Waals surface area contributed by atoms with E-state index in [1.807, 2.05) is 0 Å². The lowest BCUT2D eigenvalue weighted by atomic mass is 10.3. The van der Waals surface area contributed by atoms with Crippen molar-refractivity contribution in [1.82, 2.24) is 4.98 Å². The number of hydrazone groups is 1. The number of anilines is 2. The van der Waals surface area contributed by atoms with Gasteiger partial charge in [-0.3, -0.25) is 4.79 Å². The number of nitrogen functional groups attached to an aromatic ring is 1. The molecule has 0 aliphatic carbocycles. The summed E-state index contributed by atoms with van der Waals surface area (Å²) in [5.41, 5.74) is 6.10. The van der Waals surface area contributed by atoms with Crippen LogP contribution in [0.1, 0.15) is 6.92 Å². The van der Waals surface area contributed by atoms with Crippen LogP contribution in [0.15, 0.2) is 23.4 Å². The number of alkyl halides is 1. The van der Waals surface area contributed by atoms with E-state index in [2.05, 4.69) is 10.1 Å². The minimum absolute atomic E-state index is 0.129. The van der Waals surface area contributed by atoms with Crippen molar-refractivity contribution >= 4 is 23.1 Å². The van der Waals surface area contributed by atoms with Gasteiger partial charge in [-0.15, -0.1) is 0 Å². The maximum Gasteiger partial charge on any atom is 0.289 e. The van der Waals surface area contributed by atoms with Crippen LogP contribution in [0.3, 0.4) is 0 Å². The zero-order chi connectivity index (χ0) is 11.0. The number of carbonyl (C=O) groups is 1. The standard InChI is InChI=1S/C9H9FN4O/c1-5-8(10)9(15)14(13-5)7-4-6(11)2-3-12-7/h2-4,8H,1H3,(H2,11,12). The van der Waals surface area contributed by atoms with Crippen molar-refractivity contribution in [2.75, 3.05) is 10.7 Å². The second-order valence-corrected chi connectivity index (χ2v) is 3.20. The van der Waals surface area contributed by atoms with Gasteiger partial charge in [-0.1, -0.05) is 0 Å². The van der Waals surface area contributed by atoms with Crippen molar-refractivity contribution in [1.29, 1.82) is 0 Å². The van der Waals surface area contributed by atoms with Crippen LogP contribution in [0, 0.1) is 0 Å². The first-order valence-electron chi connectivity index (χ1n) is 4.34. The largest absolute Gasteiger partial charge is 0.399 e. The Morgan fingerprint density at radius 2 is 2.33 bits per heavy atom. The number of hydrogen-bond acceptors (Lipinski definition) is 4. The summed E-state index contributed by atoms with van der Waals surface area (Å²) in [4.78, 5) is 15.3. The Balaban J connectivity index is 2.37. The normalized spacial score (nSPS) is 20.7. The Morgan fingerprint density at radius 3 is 2.87 bits per heavy atom. The molecule has 2 heterocycles. The van der Waals surface area contributed by atoms with E-state index in [9.17, 15) is 9.18 Å². The Kier molecular flexibility index (Phi) is 2.11. The molecule has 1 aromatic rings. The molecular formula is C9H9FN4O. The van der Waals surface area contributed by atoms with E-state index in [0.29, 0.717) is 5.69 Å². The summed E-state index contributed by atoms with van der Waals surface area (Å²) in [5.74, 6) is -0.495. The highest BCUT2D eigenvalue weighted by atomic mass is 19.1. The molecule has 0 saturated heterocycles. The minimum atomic E-state index is -1.67. The highest BCUT2D eigenvalue weighted by molar-refractivity contribution is 6.16. The van der Waals surface area contributed by atoms with Crippen LogP contribution in [0.25, 0.3) is 0 Å². The van der Waals surface area contributed by atoms with Crippen LogP contribution in [-0.4, -0.2) is 22.8 Å². The molecule has 6 heteroatoms. The van der Waals surface area contributed by atoms with Crippen molar-refractivity contribution in [3.8, 4) is 0 Å². The minimum Gasteiger partial charge on any atom is -0.399 e. The number of nitrogens with two attached hydrogens (primary N) is 1. The van der Waals surface area contributed by atoms with Gasteiger partial charge in [0.2, 0.25) is 6.17 Å². The predicted molar refractivity (Wildman–Crippen MR) is 54.1 cm³/mol. The van der Waals surface area contributed by atoms with E-state index >= 15 is 0 Å². The fourth-order valence-corrected chi connectivity index (χ4v) is 1.26. The number of halogens is 1. The number of aromatic nitrogens is 1. The molecule has 1 unspecified atom stereocenters. The first kappa shape index (κ1) is 9.57. The van der Waals surface area contributed by atoms with Crippen LogP contribution in [0.2, 0.25) is 0 Å². The molecule has 0 spiro atoms. The topological polar surface area (TPSA) is 71.6 Å². The molecule has 0 radical (unpaired) electrons. The summed E-state index contributed by atoms with van der Waals surface area (Å²) >= 11 is 0. The predicted octanol–water partition coefficient (Wildman–Crippen LogP) is 0.724. The molecule has 1 amide bonds. The summed E-state index contributed by atoms with van der Waals surface area (Å²) < 4.78 is 13.2. The van der Waals surface area contributed by atoms with Crippen LogP contribution in [0.4, 0.5) is 15.9 Å². The van der Waals surface area contributed by atoms with Gasteiger partial charge in [0, 0.05) is 18.0 Å². The second kappa shape index (κ2) is 3.30. The molecule has 0 fully saturated rings. The number of amides is 1. The Labute approximate surface area is 85.4 Å². The maximum atomic E-state index is 13.2. The van der Waals surface area contributed by atoms with Crippen LogP contribution >= 0.6 is 0 Å². The molecule has 1 aliphatic heterocycles. The molecule has 2 rings (SSSR count). The number of nitrogens with zero attached hydrogens (tertiary/aromatic N) is 3. The molecule has 0 bridgehead atoms. The molecule has 78 valence electrons. The lowest BCUT2D eigenvalue weighted by Gasteiger charge is -2.10. The lowest BCUT2D eigenvalue weighted by molar-refractivity contribution is -0.120. The first-order valence-corrected chi connectivity index (χ1v) is 4.34. The van der Waals surface area contributed by atoms with E-state index < -0.39 is 12.1 Å². The molecule has 5 nitrogen and oxygen atoms in total. The highest BCUT2D eigenvalue weighted by Gasteiger charge is 2.34. The van der Waals surface area contributed by atoms with Gasteiger partial charge in [0.1, 0.15) is 0 Å². The van der Waals surface area contributed by atoms with Gasteiger partial charge in [0.05, 0.1) is 5.71 Å². The Morgan fingerprint density at radius 1 is 1.60 bits per heavy atom. The number of carbonyl (C=O) groups excluding carboxylic acids is 1. The Hall–Kier alpha value is -1.98. The van der Waals surface area contributed by atoms with Gasteiger partial charge >= 0.3 is 0 Å². The molecule has 1 atom stereocenters. The smallest absolute Gasteiger partial charge is 0.289 e. The van der Waals surface area contributed by atoms with E-state index in [1.165, 1.54) is 19.2 Å². The average molecular weight is 208 g/mol. The fourth-order valence-electron chi connectivity index (χ4n) is 1.26. The molecule has 0 saturated carbocycles. The lowest BCUT2D eigenvalue weighted by Crippen LogP contribution is -2.28. The third kappa shape index (κ3) is 1.54. The highest BCUT2D eigenvalue weighted by Crippen LogP contribution is 2.21. The molecule has 15 heavy (non-hydrogen) atoms. The zero-order valence-corrected chi connectivity index (χ0v) is 8.01. The van der Waals surface area contributed by atoms with Gasteiger partial charge in [-0.2, -0.15) is 10.1 Å². The monoisotopic (exact) mass is 208 g/mol. The van der Waals surface area contributed by atoms with Crippen molar-refractivity contribution < 1.29 is 9.18 Å². The van der Waals surface area contributed by atoms with E-state index in [0.717, 1.165) is 5.01 Å². The van der Waals surface area contributed by atoms with Gasteiger partial charge in [0.15, 0.2) is 5.82 Å². The van der Waals surface area contributed by atoms with Crippen molar-refractivity contribution in [2.24, 2.45) is 5.10 Å². The van der Waals surface area contributed by atoms with Gasteiger partial charge in [0.25, 0.3) is 5.91 Å². The first-order chi connectivity index (χ1) is 7.09. The molecular weight excluding hydrogens is 199 g/mol. The number of rotatable bonds is 1. The SMILES string of the molecule is CC1=NN(c2cc(N)ccn2)C(=O)C1F. The Bertz CT molecular complexity index is 445. The van der Waals surface area contributed by atoms with Crippen LogP contribution < -0.4 is 10.7 Å². The number of pyridine rings is 1. The second-order valence-electron chi connectivity index (χ2n) is 3.20. The summed E-state index contributed by atoms with van der Waals surface area (Å²) in [6, 6.07) is 3.04. The summed E-state index contributed by atoms with van der Waals surface area (Å²) in [5, 5.41) is 4.70.